The van der Waals surface area contributed by atoms with Crippen molar-refractivity contribution < 1.29 is 52.2 Å². The van der Waals surface area contributed by atoms with E-state index in [1.54, 1.807) is 0 Å². The second-order valence-corrected chi connectivity index (χ2v) is 20.9. The maximum absolute atomic E-state index is 12.9. The van der Waals surface area contributed by atoms with Crippen LogP contribution in [0, 0.1) is 0 Å². The third-order valence-corrected chi connectivity index (χ3v) is 13.1. The molecular formula is C64H107O11P. The number of aliphatic hydroxyl groups excluding tert-OH is 1. The number of esters is 3. The monoisotopic (exact) mass is 1080 g/mol. The Balaban J connectivity index is 4.84. The van der Waals surface area contributed by atoms with Crippen molar-refractivity contribution >= 4 is 25.7 Å². The second kappa shape index (κ2) is 57.3. The van der Waals surface area contributed by atoms with E-state index in [-0.39, 0.29) is 25.9 Å². The van der Waals surface area contributed by atoms with E-state index >= 15 is 0 Å². The molecule has 0 aliphatic rings. The van der Waals surface area contributed by atoms with Gasteiger partial charge in [-0.15, -0.1) is 0 Å². The summed E-state index contributed by atoms with van der Waals surface area (Å²) in [5.74, 6) is -1.57. The van der Waals surface area contributed by atoms with Gasteiger partial charge >= 0.3 is 25.7 Å². The Kier molecular flexibility index (Phi) is 54.4. The van der Waals surface area contributed by atoms with Crippen LogP contribution < -0.4 is 0 Å². The van der Waals surface area contributed by atoms with Crippen molar-refractivity contribution in [1.29, 1.82) is 0 Å². The molecule has 3 unspecified atom stereocenters. The minimum Gasteiger partial charge on any atom is -0.462 e. The van der Waals surface area contributed by atoms with Gasteiger partial charge in [0.25, 0.3) is 0 Å². The fourth-order valence-corrected chi connectivity index (χ4v) is 8.52. The number of unbranched alkanes of at least 4 members (excludes halogenated alkanes) is 19. The molecule has 0 rings (SSSR count). The molecular weight excluding hydrogens is 976 g/mol. The first-order valence-electron chi connectivity index (χ1n) is 29.8. The second-order valence-electron chi connectivity index (χ2n) is 19.4. The highest BCUT2D eigenvalue weighted by molar-refractivity contribution is 7.47. The van der Waals surface area contributed by atoms with Gasteiger partial charge in [-0.3, -0.25) is 23.4 Å². The number of allylic oxidation sites excluding steroid dienone is 18. The normalized spacial score (nSPS) is 14.1. The number of phosphoric acid groups is 1. The van der Waals surface area contributed by atoms with Crippen LogP contribution in [0.4, 0.5) is 0 Å². The zero-order valence-corrected chi connectivity index (χ0v) is 48.8. The third-order valence-electron chi connectivity index (χ3n) is 12.2. The lowest BCUT2D eigenvalue weighted by atomic mass is 10.0. The number of carbonyl (C=O) groups excluding carboxylic acids is 3. The Labute approximate surface area is 463 Å². The Hall–Kier alpha value is -3.86. The zero-order chi connectivity index (χ0) is 55.5. The predicted molar refractivity (Wildman–Crippen MR) is 316 cm³/mol. The van der Waals surface area contributed by atoms with Crippen LogP contribution >= 0.6 is 7.82 Å². The number of carbonyl (C=O) groups is 3. The van der Waals surface area contributed by atoms with Gasteiger partial charge in [0.2, 0.25) is 0 Å². The Bertz CT molecular complexity index is 1690. The number of ether oxygens (including phenoxy) is 3. The molecule has 2 N–H and O–H groups in total. The molecule has 0 aromatic heterocycles. The van der Waals surface area contributed by atoms with Crippen molar-refractivity contribution in [1.82, 2.24) is 0 Å². The van der Waals surface area contributed by atoms with Gasteiger partial charge in [0, 0.05) is 19.3 Å². The standard InChI is InChI=1S/C64H107O11P/c1-4-7-10-13-16-19-22-25-28-30-33-35-38-41-44-47-50-53-62(66)71-57-61(75-64(68)55-52-49-46-43-40-37-34-31-29-26-23-20-17-14-11-8-5-2)59-73-76(69,70)72-58-60(56-65)74-63(67)54-51-48-45-42-39-36-32-27-24-21-18-15-12-9-6-3/h7-8,10-11,16-17,19-20,25-26,28-29,33-35,37,43,46,60-61,65H,4-6,9,12-15,18,21-24,27,30-32,36,38-42,44-45,47-59H2,1-3H3,(H,69,70)/b10-7-,11-8-,19-16-,20-17-,28-25-,29-26-,35-33-,37-34-,46-43-. The summed E-state index contributed by atoms with van der Waals surface area (Å²) in [7, 11) is -4.77. The van der Waals surface area contributed by atoms with E-state index in [0.717, 1.165) is 103 Å². The van der Waals surface area contributed by atoms with E-state index in [4.69, 9.17) is 23.3 Å². The van der Waals surface area contributed by atoms with E-state index in [2.05, 4.69) is 118 Å². The summed E-state index contributed by atoms with van der Waals surface area (Å²) in [6, 6.07) is 0. The van der Waals surface area contributed by atoms with Crippen molar-refractivity contribution in [2.24, 2.45) is 0 Å². The number of aliphatic hydroxyl groups is 1. The van der Waals surface area contributed by atoms with Gasteiger partial charge in [-0.2, -0.15) is 0 Å². The highest BCUT2D eigenvalue weighted by atomic mass is 31.2. The molecule has 0 saturated heterocycles. The average Bonchev–Trinajstić information content (AvgIpc) is 3.41. The van der Waals surface area contributed by atoms with Crippen molar-refractivity contribution in [2.45, 2.75) is 251 Å². The molecule has 0 radical (unpaired) electrons. The minimum absolute atomic E-state index is 0.0793. The van der Waals surface area contributed by atoms with E-state index in [1.165, 1.54) is 70.6 Å². The summed E-state index contributed by atoms with van der Waals surface area (Å²) in [6.07, 6.45) is 69.1. The molecule has 0 saturated carbocycles. The molecule has 434 valence electrons. The highest BCUT2D eigenvalue weighted by Gasteiger charge is 2.28. The van der Waals surface area contributed by atoms with Crippen LogP contribution in [0.15, 0.2) is 109 Å². The van der Waals surface area contributed by atoms with Gasteiger partial charge < -0.3 is 24.2 Å². The van der Waals surface area contributed by atoms with Crippen LogP contribution in [0.25, 0.3) is 0 Å². The maximum atomic E-state index is 12.9. The first kappa shape index (κ1) is 72.1. The highest BCUT2D eigenvalue weighted by Crippen LogP contribution is 2.43. The molecule has 0 spiro atoms. The lowest BCUT2D eigenvalue weighted by Gasteiger charge is -2.21. The Morgan fingerprint density at radius 2 is 0.697 bits per heavy atom. The van der Waals surface area contributed by atoms with E-state index < -0.39 is 57.8 Å². The summed E-state index contributed by atoms with van der Waals surface area (Å²) in [5, 5.41) is 9.83. The van der Waals surface area contributed by atoms with Gasteiger partial charge in [-0.25, -0.2) is 4.57 Å². The fraction of sp³-hybridized carbons (Fsp3) is 0.672. The van der Waals surface area contributed by atoms with Crippen molar-refractivity contribution in [3.63, 3.8) is 0 Å². The summed E-state index contributed by atoms with van der Waals surface area (Å²) in [4.78, 5) is 48.6. The number of hydrogen-bond donors (Lipinski definition) is 2. The van der Waals surface area contributed by atoms with Crippen molar-refractivity contribution in [3.05, 3.63) is 109 Å². The SMILES string of the molecule is CC/C=C\C/C=C\C/C=C\C/C=C\C/C=C\CCCC(=O)OC(COC(=O)CCCCCC/C=C\C/C=C\C/C=C\C/C=C\CC)COP(=O)(O)OCC(CO)OC(=O)CCCCCCCCCCCCCCCCC. The van der Waals surface area contributed by atoms with Crippen LogP contribution in [-0.4, -0.2) is 66.5 Å². The quantitative estimate of drug-likeness (QED) is 0.0197. The smallest absolute Gasteiger partial charge is 0.462 e. The molecule has 0 heterocycles. The molecule has 3 atom stereocenters. The summed E-state index contributed by atoms with van der Waals surface area (Å²) in [6.45, 7) is 4.33. The van der Waals surface area contributed by atoms with Gasteiger partial charge in [0.1, 0.15) is 12.7 Å². The predicted octanol–water partition coefficient (Wildman–Crippen LogP) is 17.8. The summed E-state index contributed by atoms with van der Waals surface area (Å²) in [5.41, 5.74) is 0. The minimum atomic E-state index is -4.77. The Morgan fingerprint density at radius 3 is 1.11 bits per heavy atom. The number of phosphoric ester groups is 1. The third kappa shape index (κ3) is 54.9. The van der Waals surface area contributed by atoms with Crippen LogP contribution in [-0.2, 0) is 42.2 Å². The maximum Gasteiger partial charge on any atom is 0.472 e. The van der Waals surface area contributed by atoms with E-state index in [0.29, 0.717) is 25.7 Å². The average molecular weight is 1080 g/mol. The molecule has 0 aromatic carbocycles. The van der Waals surface area contributed by atoms with Gasteiger partial charge in [0.05, 0.1) is 19.8 Å². The summed E-state index contributed by atoms with van der Waals surface area (Å²) >= 11 is 0. The number of rotatable bonds is 54. The molecule has 0 amide bonds. The molecule has 0 aliphatic heterocycles. The number of hydrogen-bond acceptors (Lipinski definition) is 10. The fourth-order valence-electron chi connectivity index (χ4n) is 7.74. The van der Waals surface area contributed by atoms with E-state index in [9.17, 15) is 28.9 Å². The van der Waals surface area contributed by atoms with Gasteiger partial charge in [-0.05, 0) is 96.3 Å². The van der Waals surface area contributed by atoms with Crippen LogP contribution in [0.3, 0.4) is 0 Å². The first-order valence-corrected chi connectivity index (χ1v) is 31.3. The molecule has 0 aromatic rings. The van der Waals surface area contributed by atoms with Crippen LogP contribution in [0.2, 0.25) is 0 Å². The first-order chi connectivity index (χ1) is 37.2. The van der Waals surface area contributed by atoms with Gasteiger partial charge in [-0.1, -0.05) is 233 Å². The summed E-state index contributed by atoms with van der Waals surface area (Å²) < 4.78 is 39.5. The molecule has 76 heavy (non-hydrogen) atoms. The van der Waals surface area contributed by atoms with Gasteiger partial charge in [0.15, 0.2) is 6.10 Å². The van der Waals surface area contributed by atoms with Crippen molar-refractivity contribution in [3.8, 4) is 0 Å². The van der Waals surface area contributed by atoms with Crippen LogP contribution in [0.1, 0.15) is 239 Å². The van der Waals surface area contributed by atoms with Crippen LogP contribution in [0.5, 0.6) is 0 Å². The molecule has 0 bridgehead atoms. The lowest BCUT2D eigenvalue weighted by Crippen LogP contribution is -2.30. The van der Waals surface area contributed by atoms with Crippen molar-refractivity contribution in [2.75, 3.05) is 26.4 Å². The largest absolute Gasteiger partial charge is 0.472 e. The lowest BCUT2D eigenvalue weighted by molar-refractivity contribution is -0.161. The Morgan fingerprint density at radius 1 is 0.382 bits per heavy atom. The molecule has 12 heteroatoms. The molecule has 0 aliphatic carbocycles. The zero-order valence-electron chi connectivity index (χ0n) is 47.9. The topological polar surface area (TPSA) is 155 Å². The molecule has 0 fully saturated rings. The molecule has 11 nitrogen and oxygen atoms in total. The van der Waals surface area contributed by atoms with E-state index in [1.807, 2.05) is 12.2 Å².